The largest absolute Gasteiger partial charge is 0.370 e. The molecule has 2 rings (SSSR count). The molecule has 4 nitrogen and oxygen atoms in total. The van der Waals surface area contributed by atoms with Gasteiger partial charge in [-0.1, -0.05) is 53.5 Å². The van der Waals surface area contributed by atoms with Crippen LogP contribution in [0.3, 0.4) is 0 Å². The zero-order chi connectivity index (χ0) is 14.4. The minimum Gasteiger partial charge on any atom is -0.370 e. The first-order valence-electron chi connectivity index (χ1n) is 6.37. The number of hydrogen-bond acceptors (Lipinski definition) is 2. The quantitative estimate of drug-likeness (QED) is 0.931. The third-order valence-corrected chi connectivity index (χ3v) is 3.34. The average molecular weight is 315 g/mol. The van der Waals surface area contributed by atoms with Crippen LogP contribution in [0.1, 0.15) is 11.7 Å². The Bertz CT molecular complexity index is 475. The van der Waals surface area contributed by atoms with Crippen LogP contribution in [0.5, 0.6) is 0 Å². The van der Waals surface area contributed by atoms with E-state index < -0.39 is 0 Å². The van der Waals surface area contributed by atoms with Gasteiger partial charge in [-0.25, -0.2) is 4.79 Å². The molecule has 1 heterocycles. The van der Waals surface area contributed by atoms with E-state index in [1.807, 2.05) is 30.3 Å². The molecule has 1 aliphatic heterocycles. The predicted molar refractivity (Wildman–Crippen MR) is 79.9 cm³/mol. The number of amides is 2. The van der Waals surface area contributed by atoms with Gasteiger partial charge in [0.25, 0.3) is 0 Å². The van der Waals surface area contributed by atoms with Crippen molar-refractivity contribution in [2.24, 2.45) is 0 Å². The molecule has 108 valence electrons. The van der Waals surface area contributed by atoms with Crippen LogP contribution >= 0.6 is 23.2 Å². The van der Waals surface area contributed by atoms with Crippen LogP contribution in [0.15, 0.2) is 40.9 Å². The summed E-state index contributed by atoms with van der Waals surface area (Å²) in [4.78, 5) is 13.7. The fraction of sp³-hybridized carbons (Fsp3) is 0.357. The van der Waals surface area contributed by atoms with E-state index in [1.165, 1.54) is 6.08 Å². The normalized spacial score (nSPS) is 18.5. The van der Waals surface area contributed by atoms with Crippen molar-refractivity contribution in [3.63, 3.8) is 0 Å². The average Bonchev–Trinajstić information content (AvgIpc) is 2.48. The monoisotopic (exact) mass is 314 g/mol. The Balaban J connectivity index is 1.90. The minimum atomic E-state index is -0.139. The molecule has 0 spiro atoms. The highest BCUT2D eigenvalue weighted by Crippen LogP contribution is 2.21. The molecule has 1 aliphatic rings. The summed E-state index contributed by atoms with van der Waals surface area (Å²) in [5, 5.41) is 2.74. The zero-order valence-electron chi connectivity index (χ0n) is 10.9. The number of halogens is 2. The first-order chi connectivity index (χ1) is 9.66. The number of morpholine rings is 1. The van der Waals surface area contributed by atoms with Crippen molar-refractivity contribution in [3.8, 4) is 0 Å². The van der Waals surface area contributed by atoms with Gasteiger partial charge in [0.05, 0.1) is 13.2 Å². The standard InChI is InChI=1S/C14H16Cl2N2O2/c15-13(16)6-7-17-14(19)18-8-9-20-12(10-18)11-4-2-1-3-5-11/h1-6,12H,7-10H2,(H,17,19). The van der Waals surface area contributed by atoms with Gasteiger partial charge in [0.1, 0.15) is 10.6 Å². The van der Waals surface area contributed by atoms with E-state index in [1.54, 1.807) is 4.90 Å². The van der Waals surface area contributed by atoms with Gasteiger partial charge in [0.15, 0.2) is 0 Å². The van der Waals surface area contributed by atoms with E-state index >= 15 is 0 Å². The molecule has 0 saturated carbocycles. The SMILES string of the molecule is O=C(NCC=C(Cl)Cl)N1CCOC(c2ccccc2)C1. The number of nitrogens with zero attached hydrogens (tertiary/aromatic N) is 1. The van der Waals surface area contributed by atoms with Crippen LogP contribution in [0, 0.1) is 0 Å². The maximum atomic E-state index is 12.0. The molecule has 0 aliphatic carbocycles. The van der Waals surface area contributed by atoms with Gasteiger partial charge < -0.3 is 15.0 Å². The molecule has 1 atom stereocenters. The lowest BCUT2D eigenvalue weighted by Gasteiger charge is -2.33. The van der Waals surface area contributed by atoms with Crippen molar-refractivity contribution in [3.05, 3.63) is 46.5 Å². The van der Waals surface area contributed by atoms with Crippen LogP contribution in [-0.4, -0.2) is 37.2 Å². The third-order valence-electron chi connectivity index (χ3n) is 3.03. The summed E-state index contributed by atoms with van der Waals surface area (Å²) >= 11 is 11.0. The second-order valence-corrected chi connectivity index (χ2v) is 5.40. The lowest BCUT2D eigenvalue weighted by Crippen LogP contribution is -2.47. The number of carbonyl (C=O) groups is 1. The predicted octanol–water partition coefficient (Wildman–Crippen LogP) is 3.09. The Morgan fingerprint density at radius 2 is 2.15 bits per heavy atom. The van der Waals surface area contributed by atoms with Crippen molar-refractivity contribution in [2.75, 3.05) is 26.2 Å². The van der Waals surface area contributed by atoms with E-state index in [-0.39, 0.29) is 16.6 Å². The maximum absolute atomic E-state index is 12.0. The molecule has 1 fully saturated rings. The Morgan fingerprint density at radius 3 is 2.85 bits per heavy atom. The van der Waals surface area contributed by atoms with Crippen LogP contribution in [0.2, 0.25) is 0 Å². The smallest absolute Gasteiger partial charge is 0.317 e. The Labute approximate surface area is 128 Å². The maximum Gasteiger partial charge on any atom is 0.317 e. The molecule has 20 heavy (non-hydrogen) atoms. The molecule has 0 radical (unpaired) electrons. The van der Waals surface area contributed by atoms with Crippen molar-refractivity contribution >= 4 is 29.2 Å². The van der Waals surface area contributed by atoms with Crippen LogP contribution in [-0.2, 0) is 4.74 Å². The van der Waals surface area contributed by atoms with E-state index in [9.17, 15) is 4.79 Å². The lowest BCUT2D eigenvalue weighted by atomic mass is 10.1. The number of nitrogens with one attached hydrogen (secondary N) is 1. The van der Waals surface area contributed by atoms with Gasteiger partial charge in [0.2, 0.25) is 0 Å². The summed E-state index contributed by atoms with van der Waals surface area (Å²) in [5.41, 5.74) is 1.08. The Hall–Kier alpha value is -1.23. The second-order valence-electron chi connectivity index (χ2n) is 4.40. The van der Waals surface area contributed by atoms with E-state index in [0.29, 0.717) is 26.2 Å². The summed E-state index contributed by atoms with van der Waals surface area (Å²) in [5.74, 6) is 0. The van der Waals surface area contributed by atoms with Crippen LogP contribution in [0.25, 0.3) is 0 Å². The molecule has 2 amide bonds. The van der Waals surface area contributed by atoms with Gasteiger partial charge in [0, 0.05) is 13.1 Å². The molecule has 1 aromatic carbocycles. The van der Waals surface area contributed by atoms with Crippen molar-refractivity contribution in [1.82, 2.24) is 10.2 Å². The summed E-state index contributed by atoms with van der Waals surface area (Å²) < 4.78 is 5.86. The molecule has 1 unspecified atom stereocenters. The topological polar surface area (TPSA) is 41.6 Å². The van der Waals surface area contributed by atoms with E-state index in [0.717, 1.165) is 5.56 Å². The van der Waals surface area contributed by atoms with Crippen molar-refractivity contribution in [2.45, 2.75) is 6.10 Å². The first kappa shape index (κ1) is 15.2. The number of urea groups is 1. The Kier molecular flexibility index (Phi) is 5.71. The van der Waals surface area contributed by atoms with Gasteiger partial charge in [-0.05, 0) is 11.6 Å². The van der Waals surface area contributed by atoms with E-state index in [4.69, 9.17) is 27.9 Å². The molecule has 0 bridgehead atoms. The van der Waals surface area contributed by atoms with Crippen LogP contribution < -0.4 is 5.32 Å². The number of benzene rings is 1. The molecule has 6 heteroatoms. The first-order valence-corrected chi connectivity index (χ1v) is 7.13. The minimum absolute atomic E-state index is 0.0807. The second kappa shape index (κ2) is 7.53. The highest BCUT2D eigenvalue weighted by atomic mass is 35.5. The van der Waals surface area contributed by atoms with E-state index in [2.05, 4.69) is 5.32 Å². The summed E-state index contributed by atoms with van der Waals surface area (Å²) in [6, 6.07) is 9.75. The number of carbonyl (C=O) groups excluding carboxylic acids is 1. The zero-order valence-corrected chi connectivity index (χ0v) is 12.4. The van der Waals surface area contributed by atoms with Gasteiger partial charge in [-0.15, -0.1) is 0 Å². The molecule has 1 aromatic rings. The van der Waals surface area contributed by atoms with Crippen LogP contribution in [0.4, 0.5) is 4.79 Å². The number of rotatable bonds is 3. The van der Waals surface area contributed by atoms with Crippen molar-refractivity contribution in [1.29, 1.82) is 0 Å². The van der Waals surface area contributed by atoms with Crippen molar-refractivity contribution < 1.29 is 9.53 Å². The highest BCUT2D eigenvalue weighted by molar-refractivity contribution is 6.55. The molecular formula is C14H16Cl2N2O2. The Morgan fingerprint density at radius 1 is 1.40 bits per heavy atom. The number of hydrogen-bond donors (Lipinski definition) is 1. The summed E-state index contributed by atoms with van der Waals surface area (Å²) in [6.07, 6.45) is 1.46. The highest BCUT2D eigenvalue weighted by Gasteiger charge is 2.24. The van der Waals surface area contributed by atoms with Gasteiger partial charge >= 0.3 is 6.03 Å². The molecule has 1 N–H and O–H groups in total. The third kappa shape index (κ3) is 4.40. The molecule has 0 aromatic heterocycles. The summed E-state index contributed by atoms with van der Waals surface area (Å²) in [6.45, 7) is 1.95. The molecule has 1 saturated heterocycles. The van der Waals surface area contributed by atoms with Gasteiger partial charge in [-0.2, -0.15) is 0 Å². The molecular weight excluding hydrogens is 299 g/mol. The van der Waals surface area contributed by atoms with Gasteiger partial charge in [-0.3, -0.25) is 0 Å². The summed E-state index contributed by atoms with van der Waals surface area (Å²) in [7, 11) is 0. The number of ether oxygens (including phenoxy) is 1. The lowest BCUT2D eigenvalue weighted by molar-refractivity contribution is -0.0153. The fourth-order valence-corrected chi connectivity index (χ4v) is 2.18. The fourth-order valence-electron chi connectivity index (χ4n) is 2.03.